The first-order valence-electron chi connectivity index (χ1n) is 12.9. The number of benzene rings is 1. The van der Waals surface area contributed by atoms with Gasteiger partial charge >= 0.3 is 0 Å². The van der Waals surface area contributed by atoms with Crippen LogP contribution in [0, 0.1) is 0 Å². The highest BCUT2D eigenvalue weighted by molar-refractivity contribution is 6.31. The maximum Gasteiger partial charge on any atom is 0.273 e. The molecule has 0 saturated heterocycles. The highest BCUT2D eigenvalue weighted by Crippen LogP contribution is 2.46. The van der Waals surface area contributed by atoms with Crippen LogP contribution in [0.2, 0.25) is 5.02 Å². The van der Waals surface area contributed by atoms with E-state index >= 15 is 0 Å². The lowest BCUT2D eigenvalue weighted by Crippen LogP contribution is -2.23. The highest BCUT2D eigenvalue weighted by Gasteiger charge is 2.30. The van der Waals surface area contributed by atoms with Crippen LogP contribution < -0.4 is 5.32 Å². The number of fused-ring (bicyclic) bond motifs is 1. The Hall–Kier alpha value is -4.11. The molecule has 1 amide bonds. The normalized spacial score (nSPS) is 13.2. The summed E-state index contributed by atoms with van der Waals surface area (Å²) in [5.74, 6) is 0.282. The molecular formula is C28H27ClN8O. The number of halogens is 1. The molecule has 0 unspecified atom stereocenters. The van der Waals surface area contributed by atoms with E-state index in [-0.39, 0.29) is 5.91 Å². The largest absolute Gasteiger partial charge is 0.345 e. The molecule has 38 heavy (non-hydrogen) atoms. The number of nitrogens with one attached hydrogen (secondary N) is 2. The van der Waals surface area contributed by atoms with Crippen LogP contribution in [0.3, 0.4) is 0 Å². The average molecular weight is 527 g/mol. The summed E-state index contributed by atoms with van der Waals surface area (Å²) in [7, 11) is 0. The van der Waals surface area contributed by atoms with Crippen molar-refractivity contribution in [2.75, 3.05) is 0 Å². The smallest absolute Gasteiger partial charge is 0.273 e. The van der Waals surface area contributed by atoms with E-state index in [2.05, 4.69) is 47.9 Å². The second-order valence-electron chi connectivity index (χ2n) is 9.62. The van der Waals surface area contributed by atoms with E-state index in [1.807, 2.05) is 36.4 Å². The number of hydrogen-bond acceptors (Lipinski definition) is 6. The molecule has 192 valence electrons. The lowest BCUT2D eigenvalue weighted by atomic mass is 10.00. The number of hydrogen-bond donors (Lipinski definition) is 2. The fraction of sp³-hybridized carbons (Fsp3) is 0.286. The Morgan fingerprint density at radius 3 is 2.79 bits per heavy atom. The summed E-state index contributed by atoms with van der Waals surface area (Å²) in [5.41, 5.74) is 6.40. The molecule has 1 aliphatic carbocycles. The maximum absolute atomic E-state index is 12.4. The van der Waals surface area contributed by atoms with Gasteiger partial charge in [0.2, 0.25) is 0 Å². The number of nitrogens with zero attached hydrogens (tertiary/aromatic N) is 6. The molecule has 1 saturated carbocycles. The van der Waals surface area contributed by atoms with Crippen molar-refractivity contribution >= 4 is 28.5 Å². The van der Waals surface area contributed by atoms with Gasteiger partial charge in [0.05, 0.1) is 24.1 Å². The number of H-pyrrole nitrogens is 1. The van der Waals surface area contributed by atoms with E-state index in [0.29, 0.717) is 24.7 Å². The molecule has 6 rings (SSSR count). The minimum atomic E-state index is -0.266. The van der Waals surface area contributed by atoms with Gasteiger partial charge in [0.15, 0.2) is 11.3 Å². The van der Waals surface area contributed by atoms with Crippen molar-refractivity contribution in [1.29, 1.82) is 0 Å². The molecule has 1 fully saturated rings. The van der Waals surface area contributed by atoms with Gasteiger partial charge in [-0.1, -0.05) is 35.0 Å². The van der Waals surface area contributed by atoms with E-state index in [1.165, 1.54) is 24.1 Å². The molecular weight excluding hydrogens is 500 g/mol. The van der Waals surface area contributed by atoms with Gasteiger partial charge in [-0.3, -0.25) is 14.5 Å². The van der Waals surface area contributed by atoms with Gasteiger partial charge in [-0.05, 0) is 73.9 Å². The first-order chi connectivity index (χ1) is 18.6. The number of amides is 1. The van der Waals surface area contributed by atoms with Crippen molar-refractivity contribution in [3.05, 3.63) is 88.7 Å². The molecule has 0 aliphatic heterocycles. The van der Waals surface area contributed by atoms with Crippen LogP contribution >= 0.6 is 11.6 Å². The number of unbranched alkanes of at least 4 members (excludes halogenated alkanes) is 1. The van der Waals surface area contributed by atoms with Crippen LogP contribution in [0.15, 0.2) is 60.9 Å². The van der Waals surface area contributed by atoms with Gasteiger partial charge in [0.25, 0.3) is 5.91 Å². The number of aryl methyl sites for hydroxylation is 2. The van der Waals surface area contributed by atoms with E-state index in [0.717, 1.165) is 52.3 Å². The van der Waals surface area contributed by atoms with Gasteiger partial charge < -0.3 is 10.3 Å². The predicted octanol–water partition coefficient (Wildman–Crippen LogP) is 5.10. The first-order valence-corrected chi connectivity index (χ1v) is 13.2. The topological polar surface area (TPSA) is 114 Å². The molecule has 0 atom stereocenters. The number of carbonyl (C=O) groups is 1. The Labute approximate surface area is 224 Å². The SMILES string of the molecule is O=C(NCc1ccccn1)c1cn(CCCCc2cc3c(-c4cccc(Cl)c4)c(C4CC4)[nH]c3nn2)nn1. The Bertz CT molecular complexity index is 1570. The number of aromatic nitrogens is 7. The summed E-state index contributed by atoms with van der Waals surface area (Å²) in [6.45, 7) is 1.01. The third-order valence-corrected chi connectivity index (χ3v) is 6.97. The van der Waals surface area contributed by atoms with Crippen molar-refractivity contribution in [1.82, 2.24) is 40.5 Å². The van der Waals surface area contributed by atoms with E-state index in [9.17, 15) is 4.79 Å². The predicted molar refractivity (Wildman–Crippen MR) is 145 cm³/mol. The van der Waals surface area contributed by atoms with E-state index in [4.69, 9.17) is 11.6 Å². The molecule has 1 aromatic carbocycles. The summed E-state index contributed by atoms with van der Waals surface area (Å²) in [5, 5.41) is 21.7. The maximum atomic E-state index is 12.4. The van der Waals surface area contributed by atoms with Gasteiger partial charge in [0, 0.05) is 34.4 Å². The fourth-order valence-corrected chi connectivity index (χ4v) is 4.85. The number of rotatable bonds is 10. The molecule has 10 heteroatoms. The fourth-order valence-electron chi connectivity index (χ4n) is 4.66. The minimum Gasteiger partial charge on any atom is -0.345 e. The van der Waals surface area contributed by atoms with Gasteiger partial charge in [-0.2, -0.15) is 5.10 Å². The monoisotopic (exact) mass is 526 g/mol. The van der Waals surface area contributed by atoms with Crippen molar-refractivity contribution in [2.45, 2.75) is 51.1 Å². The Morgan fingerprint density at radius 1 is 1.05 bits per heavy atom. The third kappa shape index (κ3) is 5.43. The summed E-state index contributed by atoms with van der Waals surface area (Å²) in [4.78, 5) is 20.1. The second-order valence-corrected chi connectivity index (χ2v) is 10.1. The van der Waals surface area contributed by atoms with Crippen LogP contribution in [0.4, 0.5) is 0 Å². The van der Waals surface area contributed by atoms with Crippen LogP contribution in [0.25, 0.3) is 22.2 Å². The molecule has 2 N–H and O–H groups in total. The molecule has 1 aliphatic rings. The molecule has 4 heterocycles. The van der Waals surface area contributed by atoms with Crippen LogP contribution in [-0.4, -0.2) is 41.1 Å². The van der Waals surface area contributed by atoms with Crippen LogP contribution in [0.5, 0.6) is 0 Å². The summed E-state index contributed by atoms with van der Waals surface area (Å²) in [6, 6.07) is 15.7. The zero-order valence-corrected chi connectivity index (χ0v) is 21.5. The second kappa shape index (κ2) is 10.7. The van der Waals surface area contributed by atoms with Crippen LogP contribution in [0.1, 0.15) is 59.2 Å². The van der Waals surface area contributed by atoms with Crippen molar-refractivity contribution in [2.24, 2.45) is 0 Å². The number of carbonyl (C=O) groups excluding carboxylic acids is 1. The molecule has 0 radical (unpaired) electrons. The number of pyridine rings is 1. The minimum absolute atomic E-state index is 0.266. The first kappa shape index (κ1) is 24.2. The summed E-state index contributed by atoms with van der Waals surface area (Å²) < 4.78 is 1.70. The van der Waals surface area contributed by atoms with Crippen molar-refractivity contribution in [3.8, 4) is 11.1 Å². The van der Waals surface area contributed by atoms with Gasteiger partial charge in [-0.15, -0.1) is 10.2 Å². The lowest BCUT2D eigenvalue weighted by Gasteiger charge is -2.06. The highest BCUT2D eigenvalue weighted by atomic mass is 35.5. The molecule has 5 aromatic rings. The zero-order valence-electron chi connectivity index (χ0n) is 20.8. The standard InChI is InChI=1S/C28H27ClN8O/c29-20-7-5-6-19(14-20)25-23-15-21(33-35-27(23)32-26(25)18-10-11-18)8-2-4-13-37-17-24(34-36-37)28(38)31-16-22-9-1-3-12-30-22/h1,3,5-7,9,12,14-15,17-18H,2,4,8,10-11,13,16H2,(H,31,38)(H,32,35). The molecule has 0 spiro atoms. The Kier molecular flexibility index (Phi) is 6.83. The van der Waals surface area contributed by atoms with Gasteiger partial charge in [-0.25, -0.2) is 0 Å². The molecule has 0 bridgehead atoms. The van der Waals surface area contributed by atoms with Crippen molar-refractivity contribution < 1.29 is 4.79 Å². The summed E-state index contributed by atoms with van der Waals surface area (Å²) >= 11 is 6.31. The quantitative estimate of drug-likeness (QED) is 0.245. The Balaban J connectivity index is 1.07. The van der Waals surface area contributed by atoms with E-state index in [1.54, 1.807) is 17.1 Å². The number of aromatic amines is 1. The van der Waals surface area contributed by atoms with Gasteiger partial charge in [0.1, 0.15) is 0 Å². The zero-order chi connectivity index (χ0) is 25.9. The van der Waals surface area contributed by atoms with Crippen LogP contribution in [-0.2, 0) is 19.5 Å². The Morgan fingerprint density at radius 2 is 1.97 bits per heavy atom. The molecule has 9 nitrogen and oxygen atoms in total. The summed E-state index contributed by atoms with van der Waals surface area (Å²) in [6.07, 6.45) is 8.34. The average Bonchev–Trinajstić information content (AvgIpc) is 3.55. The lowest BCUT2D eigenvalue weighted by molar-refractivity contribution is 0.0945. The van der Waals surface area contributed by atoms with E-state index < -0.39 is 0 Å². The third-order valence-electron chi connectivity index (χ3n) is 6.73. The van der Waals surface area contributed by atoms with Crippen molar-refractivity contribution in [3.63, 3.8) is 0 Å². The molecule has 4 aromatic heterocycles.